The van der Waals surface area contributed by atoms with Crippen LogP contribution >= 0.6 is 49.9 Å². The van der Waals surface area contributed by atoms with E-state index in [9.17, 15) is 13.2 Å². The van der Waals surface area contributed by atoms with Crippen LogP contribution in [0.25, 0.3) is 20.2 Å². The second kappa shape index (κ2) is 4.60. The molecule has 0 saturated heterocycles. The first-order valence-electron chi connectivity index (χ1n) is 5.25. The lowest BCUT2D eigenvalue weighted by Crippen LogP contribution is -2.07. The van der Waals surface area contributed by atoms with Gasteiger partial charge in [0.05, 0.1) is 5.56 Å². The number of rotatable bonds is 0. The fourth-order valence-electron chi connectivity index (χ4n) is 2.05. The molecule has 0 aliphatic heterocycles. The predicted molar refractivity (Wildman–Crippen MR) is 84.8 cm³/mol. The van der Waals surface area contributed by atoms with Crippen LogP contribution < -0.4 is 0 Å². The third-order valence-electron chi connectivity index (χ3n) is 2.84. The molecule has 0 radical (unpaired) electrons. The van der Waals surface area contributed by atoms with Crippen LogP contribution in [0.3, 0.4) is 0 Å². The van der Waals surface area contributed by atoms with Gasteiger partial charge in [0.25, 0.3) is 0 Å². The number of thiophene rings is 1. The van der Waals surface area contributed by atoms with Crippen molar-refractivity contribution in [1.82, 2.24) is 0 Å². The van der Waals surface area contributed by atoms with Gasteiger partial charge in [0.2, 0.25) is 0 Å². The zero-order chi connectivity index (χ0) is 13.8. The number of alkyl halides is 3. The molecule has 1 heterocycles. The molecule has 98 valence electrons. The minimum absolute atomic E-state index is 0.239. The maximum Gasteiger partial charge on any atom is 0.418 e. The Labute approximate surface area is 132 Å². The zero-order valence-electron chi connectivity index (χ0n) is 9.18. The normalized spacial score (nSPS) is 12.5. The van der Waals surface area contributed by atoms with E-state index in [1.807, 2.05) is 18.2 Å². The molecule has 3 aromatic rings. The summed E-state index contributed by atoms with van der Waals surface area (Å²) in [5.41, 5.74) is -0.525. The Kier molecular flexibility index (Phi) is 3.30. The number of hydrogen-bond acceptors (Lipinski definition) is 1. The van der Waals surface area contributed by atoms with Gasteiger partial charge >= 0.3 is 6.18 Å². The molecular formula is C13H5BrF3IS. The molecule has 0 fully saturated rings. The first kappa shape index (κ1) is 13.6. The van der Waals surface area contributed by atoms with E-state index in [4.69, 9.17) is 0 Å². The molecule has 2 aromatic carbocycles. The van der Waals surface area contributed by atoms with Gasteiger partial charge in [0.15, 0.2) is 0 Å². The predicted octanol–water partition coefficient (Wildman–Crippen LogP) is 6.44. The molecule has 0 amide bonds. The van der Waals surface area contributed by atoms with Gasteiger partial charge in [-0.1, -0.05) is 28.1 Å². The number of hydrogen-bond donors (Lipinski definition) is 0. The van der Waals surface area contributed by atoms with Crippen molar-refractivity contribution in [2.45, 2.75) is 6.18 Å². The Morgan fingerprint density at radius 1 is 1.05 bits per heavy atom. The summed E-state index contributed by atoms with van der Waals surface area (Å²) in [6.07, 6.45) is -4.33. The van der Waals surface area contributed by atoms with Gasteiger partial charge in [0, 0.05) is 28.2 Å². The van der Waals surface area contributed by atoms with E-state index in [1.54, 1.807) is 28.7 Å². The third-order valence-corrected chi connectivity index (χ3v) is 5.41. The topological polar surface area (TPSA) is 0 Å². The average Bonchev–Trinajstić information content (AvgIpc) is 2.63. The smallest absolute Gasteiger partial charge is 0.166 e. The third kappa shape index (κ3) is 2.27. The van der Waals surface area contributed by atoms with Crippen molar-refractivity contribution >= 4 is 70.0 Å². The summed E-state index contributed by atoms with van der Waals surface area (Å²) >= 11 is 6.28. The molecule has 0 bridgehead atoms. The minimum atomic E-state index is -4.33. The van der Waals surface area contributed by atoms with Crippen molar-refractivity contribution in [3.8, 4) is 0 Å². The summed E-state index contributed by atoms with van der Waals surface area (Å²) < 4.78 is 41.8. The summed E-state index contributed by atoms with van der Waals surface area (Å²) in [5, 5.41) is 1.53. The van der Waals surface area contributed by atoms with Gasteiger partial charge in [0.1, 0.15) is 0 Å². The molecule has 0 aliphatic carbocycles. The summed E-state index contributed by atoms with van der Waals surface area (Å²) in [7, 11) is 0. The van der Waals surface area contributed by atoms with Gasteiger partial charge in [-0.3, -0.25) is 0 Å². The van der Waals surface area contributed by atoms with Gasteiger partial charge in [-0.15, -0.1) is 11.3 Å². The van der Waals surface area contributed by atoms with Crippen LogP contribution in [0.5, 0.6) is 0 Å². The summed E-state index contributed by atoms with van der Waals surface area (Å²) in [4.78, 5) is 0. The summed E-state index contributed by atoms with van der Waals surface area (Å²) in [6.45, 7) is 0. The Morgan fingerprint density at radius 3 is 2.42 bits per heavy atom. The highest BCUT2D eigenvalue weighted by Gasteiger charge is 2.36. The van der Waals surface area contributed by atoms with Crippen LogP contribution in [0.4, 0.5) is 13.2 Å². The average molecular weight is 457 g/mol. The molecule has 0 unspecified atom stereocenters. The van der Waals surface area contributed by atoms with E-state index in [0.29, 0.717) is 10.1 Å². The van der Waals surface area contributed by atoms with Crippen molar-refractivity contribution in [3.05, 3.63) is 43.9 Å². The molecule has 0 N–H and O–H groups in total. The highest BCUT2D eigenvalue weighted by atomic mass is 127. The van der Waals surface area contributed by atoms with Crippen LogP contribution in [0.2, 0.25) is 0 Å². The molecular weight excluding hydrogens is 452 g/mol. The second-order valence-corrected chi connectivity index (χ2v) is 7.17. The molecule has 0 aliphatic rings. The van der Waals surface area contributed by atoms with Crippen molar-refractivity contribution in [2.24, 2.45) is 0 Å². The van der Waals surface area contributed by atoms with Crippen LogP contribution in [0, 0.1) is 3.57 Å². The lowest BCUT2D eigenvalue weighted by molar-refractivity contribution is -0.136. The first-order chi connectivity index (χ1) is 8.88. The Bertz CT molecular complexity index is 792. The van der Waals surface area contributed by atoms with E-state index < -0.39 is 11.7 Å². The molecule has 6 heteroatoms. The van der Waals surface area contributed by atoms with E-state index in [1.165, 1.54) is 17.4 Å². The molecule has 0 saturated carbocycles. The van der Waals surface area contributed by atoms with Gasteiger partial charge in [-0.05, 0) is 40.8 Å². The standard InChI is InChI=1S/C13H5BrF3IS/c14-6-1-2-7-8-3-4-9(18)11(13(15,16)17)12(8)19-10(7)5-6/h1-5H. The van der Waals surface area contributed by atoms with Crippen LogP contribution in [-0.4, -0.2) is 0 Å². The largest absolute Gasteiger partial charge is 0.418 e. The Hall–Kier alpha value is -0.340. The molecule has 0 atom stereocenters. The number of fused-ring (bicyclic) bond motifs is 3. The molecule has 3 rings (SSSR count). The fraction of sp³-hybridized carbons (Fsp3) is 0.0769. The van der Waals surface area contributed by atoms with Gasteiger partial charge < -0.3 is 0 Å². The molecule has 19 heavy (non-hydrogen) atoms. The van der Waals surface area contributed by atoms with E-state index in [-0.39, 0.29) is 3.57 Å². The van der Waals surface area contributed by atoms with Crippen LogP contribution in [0.1, 0.15) is 5.56 Å². The highest BCUT2D eigenvalue weighted by molar-refractivity contribution is 14.1. The zero-order valence-corrected chi connectivity index (χ0v) is 13.7. The van der Waals surface area contributed by atoms with Gasteiger partial charge in [-0.25, -0.2) is 0 Å². The van der Waals surface area contributed by atoms with E-state index in [0.717, 1.165) is 14.6 Å². The quantitative estimate of drug-likeness (QED) is 0.341. The number of halogens is 5. The number of benzene rings is 2. The maximum absolute atomic E-state index is 13.2. The van der Waals surface area contributed by atoms with E-state index in [2.05, 4.69) is 15.9 Å². The van der Waals surface area contributed by atoms with Crippen LogP contribution in [-0.2, 0) is 6.18 Å². The lowest BCUT2D eigenvalue weighted by Gasteiger charge is -2.09. The lowest BCUT2D eigenvalue weighted by atomic mass is 10.1. The maximum atomic E-state index is 13.2. The van der Waals surface area contributed by atoms with Crippen LogP contribution in [0.15, 0.2) is 34.8 Å². The summed E-state index contributed by atoms with van der Waals surface area (Å²) in [6, 6.07) is 8.84. The minimum Gasteiger partial charge on any atom is -0.166 e. The van der Waals surface area contributed by atoms with Crippen molar-refractivity contribution in [1.29, 1.82) is 0 Å². The Morgan fingerprint density at radius 2 is 1.74 bits per heavy atom. The highest BCUT2D eigenvalue weighted by Crippen LogP contribution is 2.44. The molecule has 0 nitrogen and oxygen atoms in total. The van der Waals surface area contributed by atoms with Crippen molar-refractivity contribution < 1.29 is 13.2 Å². The Balaban J connectivity index is 2.50. The molecule has 1 aromatic heterocycles. The molecule has 0 spiro atoms. The monoisotopic (exact) mass is 456 g/mol. The SMILES string of the molecule is FC(F)(F)c1c(I)ccc2c1sc1cc(Br)ccc12. The second-order valence-electron chi connectivity index (χ2n) is 4.04. The van der Waals surface area contributed by atoms with Crippen molar-refractivity contribution in [2.75, 3.05) is 0 Å². The van der Waals surface area contributed by atoms with Crippen molar-refractivity contribution in [3.63, 3.8) is 0 Å². The van der Waals surface area contributed by atoms with E-state index >= 15 is 0 Å². The first-order valence-corrected chi connectivity index (χ1v) is 7.94. The summed E-state index contributed by atoms with van der Waals surface area (Å²) in [5.74, 6) is 0. The van der Waals surface area contributed by atoms with Gasteiger partial charge in [-0.2, -0.15) is 13.2 Å². The fourth-order valence-corrected chi connectivity index (χ4v) is 4.81.